The van der Waals surface area contributed by atoms with Crippen LogP contribution in [0, 0.1) is 5.92 Å². The van der Waals surface area contributed by atoms with Crippen LogP contribution in [0.25, 0.3) is 0 Å². The first-order chi connectivity index (χ1) is 9.24. The lowest BCUT2D eigenvalue weighted by atomic mass is 10.1. The summed E-state index contributed by atoms with van der Waals surface area (Å²) in [5.74, 6) is 0.707. The van der Waals surface area contributed by atoms with Gasteiger partial charge in [-0.1, -0.05) is 13.3 Å². The number of rotatable bonds is 6. The zero-order valence-electron chi connectivity index (χ0n) is 11.7. The van der Waals surface area contributed by atoms with Crippen LogP contribution >= 0.6 is 15.9 Å². The number of aromatic nitrogens is 1. The first-order valence-corrected chi connectivity index (χ1v) is 8.06. The fourth-order valence-electron chi connectivity index (χ4n) is 2.66. The van der Waals surface area contributed by atoms with Crippen LogP contribution in [-0.4, -0.2) is 36.1 Å². The lowest BCUT2D eigenvalue weighted by molar-refractivity contribution is 0.199. The van der Waals surface area contributed by atoms with Gasteiger partial charge in [0.05, 0.1) is 0 Å². The van der Waals surface area contributed by atoms with Crippen molar-refractivity contribution in [3.63, 3.8) is 0 Å². The summed E-state index contributed by atoms with van der Waals surface area (Å²) in [6, 6.07) is 2.12. The highest BCUT2D eigenvalue weighted by atomic mass is 79.9. The van der Waals surface area contributed by atoms with E-state index in [1.165, 1.54) is 44.5 Å². The fraction of sp³-hybridized carbons (Fsp3) is 0.667. The highest BCUT2D eigenvalue weighted by molar-refractivity contribution is 9.10. The zero-order valence-corrected chi connectivity index (χ0v) is 13.3. The number of halogens is 1. The number of nitrogens with zero attached hydrogens (tertiary/aromatic N) is 2. The quantitative estimate of drug-likeness (QED) is 0.871. The lowest BCUT2D eigenvalue weighted by Crippen LogP contribution is -2.36. The van der Waals surface area contributed by atoms with Crippen LogP contribution in [0.4, 0.5) is 0 Å². The van der Waals surface area contributed by atoms with E-state index in [4.69, 9.17) is 0 Å². The molecule has 1 aliphatic rings. The average Bonchev–Trinajstić information content (AvgIpc) is 2.40. The van der Waals surface area contributed by atoms with E-state index in [1.54, 1.807) is 0 Å². The van der Waals surface area contributed by atoms with E-state index in [0.29, 0.717) is 5.92 Å². The summed E-state index contributed by atoms with van der Waals surface area (Å²) < 4.78 is 1.05. The third-order valence-electron chi connectivity index (χ3n) is 3.60. The summed E-state index contributed by atoms with van der Waals surface area (Å²) in [4.78, 5) is 6.79. The van der Waals surface area contributed by atoms with Crippen LogP contribution < -0.4 is 5.32 Å². The van der Waals surface area contributed by atoms with Gasteiger partial charge in [-0.25, -0.2) is 0 Å². The van der Waals surface area contributed by atoms with Crippen molar-refractivity contribution < 1.29 is 0 Å². The monoisotopic (exact) mass is 325 g/mol. The maximum absolute atomic E-state index is 4.18. The Hall–Kier alpha value is -0.450. The van der Waals surface area contributed by atoms with Crippen LogP contribution in [0.5, 0.6) is 0 Å². The van der Waals surface area contributed by atoms with Crippen molar-refractivity contribution in [3.8, 4) is 0 Å². The molecular formula is C15H24BrN3. The molecule has 0 spiro atoms. The van der Waals surface area contributed by atoms with Crippen LogP contribution in [0.15, 0.2) is 22.9 Å². The molecule has 0 amide bonds. The van der Waals surface area contributed by atoms with Crippen LogP contribution in [-0.2, 0) is 6.54 Å². The Morgan fingerprint density at radius 2 is 2.11 bits per heavy atom. The van der Waals surface area contributed by atoms with Crippen molar-refractivity contribution in [1.29, 1.82) is 0 Å². The van der Waals surface area contributed by atoms with Gasteiger partial charge in [-0.3, -0.25) is 4.98 Å². The van der Waals surface area contributed by atoms with Gasteiger partial charge in [0.25, 0.3) is 0 Å². The third kappa shape index (κ3) is 5.59. The molecule has 0 aliphatic carbocycles. The number of likely N-dealkylation sites (tertiary alicyclic amines) is 1. The first kappa shape index (κ1) is 14.9. The zero-order chi connectivity index (χ0) is 13.5. The fourth-order valence-corrected chi connectivity index (χ4v) is 3.07. The van der Waals surface area contributed by atoms with Gasteiger partial charge in [-0.15, -0.1) is 0 Å². The van der Waals surface area contributed by atoms with E-state index in [-0.39, 0.29) is 0 Å². The van der Waals surface area contributed by atoms with Gasteiger partial charge in [-0.2, -0.15) is 0 Å². The number of hydrogen-bond donors (Lipinski definition) is 1. The van der Waals surface area contributed by atoms with Gasteiger partial charge in [-0.05, 0) is 66.0 Å². The maximum Gasteiger partial charge on any atom is 0.0410 e. The number of piperidine rings is 1. The molecule has 106 valence electrons. The van der Waals surface area contributed by atoms with Crippen molar-refractivity contribution in [3.05, 3.63) is 28.5 Å². The SMILES string of the molecule is CC(CNCc1cncc(Br)c1)CN1CCCCC1. The molecule has 3 nitrogen and oxygen atoms in total. The molecule has 2 rings (SSSR count). The molecule has 1 N–H and O–H groups in total. The Balaban J connectivity index is 1.64. The molecule has 1 unspecified atom stereocenters. The molecule has 4 heteroatoms. The normalized spacial score (nSPS) is 18.4. The molecule has 0 bridgehead atoms. The Morgan fingerprint density at radius 1 is 1.32 bits per heavy atom. The van der Waals surface area contributed by atoms with Crippen LogP contribution in [0.2, 0.25) is 0 Å². The van der Waals surface area contributed by atoms with Crippen molar-refractivity contribution in [2.75, 3.05) is 26.2 Å². The summed E-state index contributed by atoms with van der Waals surface area (Å²) in [6.45, 7) is 8.12. The van der Waals surface area contributed by atoms with Crippen molar-refractivity contribution in [2.45, 2.75) is 32.7 Å². The predicted molar refractivity (Wildman–Crippen MR) is 83.1 cm³/mol. The average molecular weight is 326 g/mol. The second kappa shape index (κ2) is 7.98. The number of nitrogens with one attached hydrogen (secondary N) is 1. The van der Waals surface area contributed by atoms with Gasteiger partial charge in [0.1, 0.15) is 0 Å². The summed E-state index contributed by atoms with van der Waals surface area (Å²) in [6.07, 6.45) is 7.92. The molecule has 0 aromatic carbocycles. The second-order valence-electron chi connectivity index (χ2n) is 5.61. The topological polar surface area (TPSA) is 28.2 Å². The molecule has 1 aromatic rings. The molecule has 1 aliphatic heterocycles. The smallest absolute Gasteiger partial charge is 0.0410 e. The van der Waals surface area contributed by atoms with Crippen LogP contribution in [0.3, 0.4) is 0 Å². The van der Waals surface area contributed by atoms with E-state index in [9.17, 15) is 0 Å². The molecule has 0 radical (unpaired) electrons. The Labute approximate surface area is 124 Å². The van der Waals surface area contributed by atoms with Crippen molar-refractivity contribution in [2.24, 2.45) is 5.92 Å². The minimum absolute atomic E-state index is 0.707. The summed E-state index contributed by atoms with van der Waals surface area (Å²) >= 11 is 3.45. The highest BCUT2D eigenvalue weighted by Gasteiger charge is 2.12. The van der Waals surface area contributed by atoms with Gasteiger partial charge in [0.15, 0.2) is 0 Å². The number of hydrogen-bond acceptors (Lipinski definition) is 3. The largest absolute Gasteiger partial charge is 0.312 e. The van der Waals surface area contributed by atoms with E-state index in [0.717, 1.165) is 17.6 Å². The molecule has 1 saturated heterocycles. The second-order valence-corrected chi connectivity index (χ2v) is 6.52. The van der Waals surface area contributed by atoms with E-state index >= 15 is 0 Å². The summed E-state index contributed by atoms with van der Waals surface area (Å²) in [5, 5.41) is 3.53. The first-order valence-electron chi connectivity index (χ1n) is 7.26. The Bertz CT molecular complexity index is 377. The Morgan fingerprint density at radius 3 is 2.84 bits per heavy atom. The van der Waals surface area contributed by atoms with E-state index in [2.05, 4.69) is 44.1 Å². The molecule has 2 heterocycles. The Kier molecular flexibility index (Phi) is 6.28. The number of pyridine rings is 1. The van der Waals surface area contributed by atoms with Crippen molar-refractivity contribution in [1.82, 2.24) is 15.2 Å². The van der Waals surface area contributed by atoms with Gasteiger partial charge >= 0.3 is 0 Å². The standard InChI is InChI=1S/C15H24BrN3/c1-13(12-19-5-3-2-4-6-19)8-17-9-14-7-15(16)11-18-10-14/h7,10-11,13,17H,2-6,8-9,12H2,1H3. The molecular weight excluding hydrogens is 302 g/mol. The predicted octanol–water partition coefficient (Wildman–Crippen LogP) is 3.06. The minimum Gasteiger partial charge on any atom is -0.312 e. The summed E-state index contributed by atoms with van der Waals surface area (Å²) in [5.41, 5.74) is 1.24. The van der Waals surface area contributed by atoms with Gasteiger partial charge < -0.3 is 10.2 Å². The molecule has 19 heavy (non-hydrogen) atoms. The van der Waals surface area contributed by atoms with Crippen LogP contribution in [0.1, 0.15) is 31.7 Å². The molecule has 1 atom stereocenters. The van der Waals surface area contributed by atoms with E-state index < -0.39 is 0 Å². The van der Waals surface area contributed by atoms with E-state index in [1.807, 2.05) is 12.4 Å². The van der Waals surface area contributed by atoms with Gasteiger partial charge in [0.2, 0.25) is 0 Å². The van der Waals surface area contributed by atoms with Gasteiger partial charge in [0, 0.05) is 30.0 Å². The summed E-state index contributed by atoms with van der Waals surface area (Å²) in [7, 11) is 0. The highest BCUT2D eigenvalue weighted by Crippen LogP contribution is 2.11. The maximum atomic E-state index is 4.18. The minimum atomic E-state index is 0.707. The van der Waals surface area contributed by atoms with Crippen molar-refractivity contribution >= 4 is 15.9 Å². The lowest BCUT2D eigenvalue weighted by Gasteiger charge is -2.29. The molecule has 1 aromatic heterocycles. The molecule has 0 saturated carbocycles. The third-order valence-corrected chi connectivity index (χ3v) is 4.04. The molecule has 1 fully saturated rings.